The van der Waals surface area contributed by atoms with Gasteiger partial charge in [-0.3, -0.25) is 0 Å². The van der Waals surface area contributed by atoms with E-state index < -0.39 is 0 Å². The van der Waals surface area contributed by atoms with E-state index in [0.717, 1.165) is 17.7 Å². The van der Waals surface area contributed by atoms with Crippen molar-refractivity contribution in [1.29, 1.82) is 0 Å². The van der Waals surface area contributed by atoms with Gasteiger partial charge in [0.05, 0.1) is 7.11 Å². The molecule has 108 valence electrons. The Morgan fingerprint density at radius 3 is 2.53 bits per heavy atom. The van der Waals surface area contributed by atoms with Gasteiger partial charge in [0.2, 0.25) is 0 Å². The highest BCUT2D eigenvalue weighted by atomic mass is 32.2. The zero-order chi connectivity index (χ0) is 14.5. The zero-order valence-corrected chi connectivity index (χ0v) is 13.2. The van der Waals surface area contributed by atoms with Crippen LogP contribution in [0.3, 0.4) is 0 Å². The SMILES string of the molecule is CNC(CSC(C)(C)C)Cc1ccc(OC)c(F)c1. The summed E-state index contributed by atoms with van der Waals surface area (Å²) in [4.78, 5) is 0. The summed E-state index contributed by atoms with van der Waals surface area (Å²) in [5.74, 6) is 1.01. The van der Waals surface area contributed by atoms with Crippen LogP contribution >= 0.6 is 11.8 Å². The van der Waals surface area contributed by atoms with Crippen LogP contribution in [0.4, 0.5) is 4.39 Å². The fourth-order valence-corrected chi connectivity index (χ4v) is 2.70. The minimum absolute atomic E-state index is 0.250. The van der Waals surface area contributed by atoms with Gasteiger partial charge in [0, 0.05) is 16.5 Å². The third-order valence-electron chi connectivity index (χ3n) is 2.82. The molecule has 0 radical (unpaired) electrons. The standard InChI is InChI=1S/C15H24FNOS/c1-15(2,3)19-10-12(17-4)8-11-6-7-14(18-5)13(16)9-11/h6-7,9,12,17H,8,10H2,1-5H3. The molecule has 0 bridgehead atoms. The first-order valence-electron chi connectivity index (χ1n) is 6.49. The lowest BCUT2D eigenvalue weighted by molar-refractivity contribution is 0.386. The predicted molar refractivity (Wildman–Crippen MR) is 81.7 cm³/mol. The summed E-state index contributed by atoms with van der Waals surface area (Å²) in [6, 6.07) is 5.52. The Morgan fingerprint density at radius 2 is 2.05 bits per heavy atom. The molecule has 1 atom stereocenters. The van der Waals surface area contributed by atoms with Crippen LogP contribution < -0.4 is 10.1 Å². The normalized spacial score (nSPS) is 13.4. The number of benzene rings is 1. The summed E-state index contributed by atoms with van der Waals surface area (Å²) in [6.45, 7) is 6.62. The number of halogens is 1. The highest BCUT2D eigenvalue weighted by Gasteiger charge is 2.15. The van der Waals surface area contributed by atoms with E-state index in [1.165, 1.54) is 7.11 Å². The molecule has 1 aromatic rings. The maximum atomic E-state index is 13.6. The molecule has 0 spiro atoms. The van der Waals surface area contributed by atoms with E-state index >= 15 is 0 Å². The molecule has 2 nitrogen and oxygen atoms in total. The van der Waals surface area contributed by atoms with Gasteiger partial charge in [0.1, 0.15) is 0 Å². The summed E-state index contributed by atoms with van der Waals surface area (Å²) >= 11 is 1.92. The van der Waals surface area contributed by atoms with Crippen LogP contribution in [0.1, 0.15) is 26.3 Å². The van der Waals surface area contributed by atoms with E-state index in [2.05, 4.69) is 26.1 Å². The monoisotopic (exact) mass is 285 g/mol. The minimum Gasteiger partial charge on any atom is -0.494 e. The lowest BCUT2D eigenvalue weighted by atomic mass is 10.1. The molecule has 0 aliphatic rings. The molecule has 0 amide bonds. The first kappa shape index (κ1) is 16.3. The second kappa shape index (κ2) is 7.15. The lowest BCUT2D eigenvalue weighted by Gasteiger charge is -2.23. The number of nitrogens with one attached hydrogen (secondary N) is 1. The van der Waals surface area contributed by atoms with Gasteiger partial charge in [-0.2, -0.15) is 11.8 Å². The highest BCUT2D eigenvalue weighted by molar-refractivity contribution is 8.00. The van der Waals surface area contributed by atoms with E-state index in [9.17, 15) is 4.39 Å². The predicted octanol–water partition coefficient (Wildman–Crippen LogP) is 3.50. The molecular weight excluding hydrogens is 261 g/mol. The molecule has 1 unspecified atom stereocenters. The maximum Gasteiger partial charge on any atom is 0.165 e. The number of hydrogen-bond acceptors (Lipinski definition) is 3. The molecule has 1 rings (SSSR count). The van der Waals surface area contributed by atoms with E-state index in [1.807, 2.05) is 24.9 Å². The molecule has 0 aromatic heterocycles. The molecular formula is C15H24FNOS. The summed E-state index contributed by atoms with van der Waals surface area (Å²) in [6.07, 6.45) is 0.820. The molecule has 1 N–H and O–H groups in total. The fraction of sp³-hybridized carbons (Fsp3) is 0.600. The minimum atomic E-state index is -0.293. The number of likely N-dealkylation sites (N-methyl/N-ethyl adjacent to an activating group) is 1. The van der Waals surface area contributed by atoms with E-state index in [0.29, 0.717) is 11.8 Å². The summed E-state index contributed by atoms with van der Waals surface area (Å²) < 4.78 is 18.8. The van der Waals surface area contributed by atoms with Crippen molar-refractivity contribution in [2.45, 2.75) is 38.0 Å². The van der Waals surface area contributed by atoms with Crippen molar-refractivity contribution < 1.29 is 9.13 Å². The van der Waals surface area contributed by atoms with Crippen LogP contribution in [0.2, 0.25) is 0 Å². The Hall–Kier alpha value is -0.740. The van der Waals surface area contributed by atoms with Crippen LogP contribution in [0, 0.1) is 5.82 Å². The molecule has 19 heavy (non-hydrogen) atoms. The van der Waals surface area contributed by atoms with Gasteiger partial charge in [-0.15, -0.1) is 0 Å². The first-order chi connectivity index (χ1) is 8.85. The molecule has 0 saturated carbocycles. The molecule has 1 aromatic carbocycles. The quantitative estimate of drug-likeness (QED) is 0.864. The topological polar surface area (TPSA) is 21.3 Å². The van der Waals surface area contributed by atoms with Gasteiger partial charge in [-0.05, 0) is 31.2 Å². The summed E-state index contributed by atoms with van der Waals surface area (Å²) in [7, 11) is 3.43. The number of hydrogen-bond donors (Lipinski definition) is 1. The third kappa shape index (κ3) is 5.83. The van der Waals surface area contributed by atoms with Crippen molar-refractivity contribution in [3.8, 4) is 5.75 Å². The molecule has 0 heterocycles. The van der Waals surface area contributed by atoms with Crippen LogP contribution in [-0.4, -0.2) is 30.7 Å². The second-order valence-corrected chi connectivity index (χ2v) is 7.43. The van der Waals surface area contributed by atoms with Gasteiger partial charge in [-0.25, -0.2) is 4.39 Å². The summed E-state index contributed by atoms with van der Waals surface area (Å²) in [5.41, 5.74) is 0.993. The van der Waals surface area contributed by atoms with E-state index in [-0.39, 0.29) is 10.6 Å². The Morgan fingerprint density at radius 1 is 1.37 bits per heavy atom. The van der Waals surface area contributed by atoms with Crippen molar-refractivity contribution in [3.63, 3.8) is 0 Å². The van der Waals surface area contributed by atoms with Crippen molar-refractivity contribution in [3.05, 3.63) is 29.6 Å². The maximum absolute atomic E-state index is 13.6. The first-order valence-corrected chi connectivity index (χ1v) is 7.48. The summed E-state index contributed by atoms with van der Waals surface area (Å²) in [5, 5.41) is 3.30. The van der Waals surface area contributed by atoms with Crippen molar-refractivity contribution in [2.75, 3.05) is 19.9 Å². The van der Waals surface area contributed by atoms with Crippen molar-refractivity contribution in [2.24, 2.45) is 0 Å². The number of ether oxygens (including phenoxy) is 1. The third-order valence-corrected chi connectivity index (χ3v) is 4.26. The number of thioether (sulfide) groups is 1. The second-order valence-electron chi connectivity index (χ2n) is 5.58. The molecule has 0 fully saturated rings. The molecule has 0 saturated heterocycles. The van der Waals surface area contributed by atoms with Crippen LogP contribution in [-0.2, 0) is 6.42 Å². The van der Waals surface area contributed by atoms with Gasteiger partial charge in [0.15, 0.2) is 11.6 Å². The Kier molecular flexibility index (Phi) is 6.14. The van der Waals surface area contributed by atoms with E-state index in [4.69, 9.17) is 4.74 Å². The Balaban J connectivity index is 2.63. The average Bonchev–Trinajstić information content (AvgIpc) is 2.33. The molecule has 0 aliphatic heterocycles. The van der Waals surface area contributed by atoms with Gasteiger partial charge < -0.3 is 10.1 Å². The Bertz CT molecular complexity index is 404. The highest BCUT2D eigenvalue weighted by Crippen LogP contribution is 2.25. The smallest absolute Gasteiger partial charge is 0.165 e. The lowest BCUT2D eigenvalue weighted by Crippen LogP contribution is -2.31. The van der Waals surface area contributed by atoms with Gasteiger partial charge >= 0.3 is 0 Å². The average molecular weight is 285 g/mol. The zero-order valence-electron chi connectivity index (χ0n) is 12.4. The van der Waals surface area contributed by atoms with Crippen LogP contribution in [0.5, 0.6) is 5.75 Å². The largest absolute Gasteiger partial charge is 0.494 e. The number of rotatable bonds is 6. The Labute approximate surface area is 120 Å². The van der Waals surface area contributed by atoms with E-state index in [1.54, 1.807) is 12.1 Å². The van der Waals surface area contributed by atoms with Crippen LogP contribution in [0.25, 0.3) is 0 Å². The molecule has 4 heteroatoms. The van der Waals surface area contributed by atoms with Crippen molar-refractivity contribution in [1.82, 2.24) is 5.32 Å². The van der Waals surface area contributed by atoms with Gasteiger partial charge in [-0.1, -0.05) is 26.8 Å². The van der Waals surface area contributed by atoms with Crippen molar-refractivity contribution >= 4 is 11.8 Å². The molecule has 0 aliphatic carbocycles. The van der Waals surface area contributed by atoms with Crippen LogP contribution in [0.15, 0.2) is 18.2 Å². The number of methoxy groups -OCH3 is 1. The van der Waals surface area contributed by atoms with Gasteiger partial charge in [0.25, 0.3) is 0 Å². The fourth-order valence-electron chi connectivity index (χ4n) is 1.72.